The van der Waals surface area contributed by atoms with Gasteiger partial charge >= 0.3 is 0 Å². The Morgan fingerprint density at radius 1 is 1.47 bits per heavy atom. The van der Waals surface area contributed by atoms with Crippen LogP contribution < -0.4 is 5.32 Å². The molecule has 1 N–H and O–H groups in total. The zero-order valence-electron chi connectivity index (χ0n) is 10.3. The van der Waals surface area contributed by atoms with E-state index in [0.717, 1.165) is 29.4 Å². The maximum absolute atomic E-state index is 13.8. The smallest absolute Gasteiger partial charge is 0.127 e. The summed E-state index contributed by atoms with van der Waals surface area (Å²) < 4.78 is 14.6. The van der Waals surface area contributed by atoms with E-state index >= 15 is 0 Å². The van der Waals surface area contributed by atoms with Crippen LogP contribution in [-0.2, 0) is 0 Å². The summed E-state index contributed by atoms with van der Waals surface area (Å²) in [5, 5.41) is 3.52. The van der Waals surface area contributed by atoms with Crippen molar-refractivity contribution in [2.75, 3.05) is 6.54 Å². The highest BCUT2D eigenvalue weighted by Gasteiger charge is 2.39. The lowest BCUT2D eigenvalue weighted by Crippen LogP contribution is -2.48. The highest BCUT2D eigenvalue weighted by Crippen LogP contribution is 2.43. The molecular weight excluding hydrogens is 281 g/mol. The fourth-order valence-corrected chi connectivity index (χ4v) is 2.93. The average Bonchev–Trinajstić information content (AvgIpc) is 2.30. The number of benzene rings is 1. The molecule has 1 aromatic carbocycles. The Hall–Kier alpha value is -0.410. The van der Waals surface area contributed by atoms with Crippen LogP contribution in [0.5, 0.6) is 0 Å². The minimum absolute atomic E-state index is 0.0785. The van der Waals surface area contributed by atoms with E-state index in [4.69, 9.17) is 0 Å². The Labute approximate surface area is 111 Å². The summed E-state index contributed by atoms with van der Waals surface area (Å²) in [6.07, 6.45) is 2.21. The SMILES string of the molecule is CCCNC1CC(c2ccc(Br)cc2F)C1C. The number of hydrogen-bond acceptors (Lipinski definition) is 1. The zero-order chi connectivity index (χ0) is 12.4. The lowest BCUT2D eigenvalue weighted by atomic mass is 9.67. The number of nitrogens with one attached hydrogen (secondary N) is 1. The lowest BCUT2D eigenvalue weighted by molar-refractivity contribution is 0.181. The van der Waals surface area contributed by atoms with Gasteiger partial charge in [0.1, 0.15) is 5.82 Å². The van der Waals surface area contributed by atoms with Crippen molar-refractivity contribution < 1.29 is 4.39 Å². The number of hydrogen-bond donors (Lipinski definition) is 1. The monoisotopic (exact) mass is 299 g/mol. The van der Waals surface area contributed by atoms with Crippen LogP contribution in [0, 0.1) is 11.7 Å². The molecule has 3 unspecified atom stereocenters. The van der Waals surface area contributed by atoms with Crippen LogP contribution in [0.3, 0.4) is 0 Å². The molecule has 3 atom stereocenters. The minimum Gasteiger partial charge on any atom is -0.314 e. The van der Waals surface area contributed by atoms with E-state index in [9.17, 15) is 4.39 Å². The van der Waals surface area contributed by atoms with Gasteiger partial charge in [-0.15, -0.1) is 0 Å². The van der Waals surface area contributed by atoms with Crippen molar-refractivity contribution in [1.29, 1.82) is 0 Å². The molecule has 1 aromatic rings. The summed E-state index contributed by atoms with van der Waals surface area (Å²) in [6.45, 7) is 5.44. The topological polar surface area (TPSA) is 12.0 Å². The van der Waals surface area contributed by atoms with E-state index in [0.29, 0.717) is 17.9 Å². The van der Waals surface area contributed by atoms with E-state index in [1.807, 2.05) is 12.1 Å². The lowest BCUT2D eigenvalue weighted by Gasteiger charge is -2.44. The number of rotatable bonds is 4. The molecule has 0 aromatic heterocycles. The summed E-state index contributed by atoms with van der Waals surface area (Å²) in [5.74, 6) is 0.819. The maximum atomic E-state index is 13.8. The Morgan fingerprint density at radius 2 is 2.24 bits per heavy atom. The molecule has 0 radical (unpaired) electrons. The van der Waals surface area contributed by atoms with Crippen LogP contribution in [0.25, 0.3) is 0 Å². The Balaban J connectivity index is 2.01. The van der Waals surface area contributed by atoms with Crippen molar-refractivity contribution in [2.24, 2.45) is 5.92 Å². The van der Waals surface area contributed by atoms with Gasteiger partial charge in [-0.2, -0.15) is 0 Å². The maximum Gasteiger partial charge on any atom is 0.127 e. The molecule has 0 heterocycles. The van der Waals surface area contributed by atoms with E-state index in [-0.39, 0.29) is 5.82 Å². The van der Waals surface area contributed by atoms with Gasteiger partial charge in [0.15, 0.2) is 0 Å². The summed E-state index contributed by atoms with van der Waals surface area (Å²) in [7, 11) is 0. The standard InChI is InChI=1S/C14H19BrFN/c1-3-6-17-14-8-12(9(14)2)11-5-4-10(15)7-13(11)16/h4-5,7,9,12,14,17H,3,6,8H2,1-2H3. The fraction of sp³-hybridized carbons (Fsp3) is 0.571. The first-order valence-electron chi connectivity index (χ1n) is 6.31. The second-order valence-corrected chi connectivity index (χ2v) is 5.84. The van der Waals surface area contributed by atoms with E-state index < -0.39 is 0 Å². The van der Waals surface area contributed by atoms with Crippen LogP contribution in [-0.4, -0.2) is 12.6 Å². The van der Waals surface area contributed by atoms with Crippen molar-refractivity contribution in [3.63, 3.8) is 0 Å². The summed E-state index contributed by atoms with van der Waals surface area (Å²) in [6, 6.07) is 5.96. The molecule has 0 aliphatic heterocycles. The molecule has 1 nitrogen and oxygen atoms in total. The van der Waals surface area contributed by atoms with Crippen LogP contribution in [0.4, 0.5) is 4.39 Å². The molecular formula is C14H19BrFN. The van der Waals surface area contributed by atoms with Gasteiger partial charge in [-0.25, -0.2) is 4.39 Å². The molecule has 0 spiro atoms. The first kappa shape index (κ1) is 13.0. The van der Waals surface area contributed by atoms with Crippen molar-refractivity contribution in [3.8, 4) is 0 Å². The van der Waals surface area contributed by atoms with Crippen LogP contribution in [0.1, 0.15) is 38.2 Å². The molecule has 0 saturated heterocycles. The highest BCUT2D eigenvalue weighted by molar-refractivity contribution is 9.10. The van der Waals surface area contributed by atoms with Crippen LogP contribution in [0.2, 0.25) is 0 Å². The van der Waals surface area contributed by atoms with E-state index in [2.05, 4.69) is 35.1 Å². The van der Waals surface area contributed by atoms with Crippen molar-refractivity contribution in [3.05, 3.63) is 34.1 Å². The molecule has 17 heavy (non-hydrogen) atoms. The normalized spacial score (nSPS) is 27.9. The van der Waals surface area contributed by atoms with Crippen LogP contribution >= 0.6 is 15.9 Å². The summed E-state index contributed by atoms with van der Waals surface area (Å²) in [5.41, 5.74) is 0.871. The summed E-state index contributed by atoms with van der Waals surface area (Å²) in [4.78, 5) is 0. The number of halogens is 2. The third-order valence-corrected chi connectivity index (χ3v) is 4.29. The molecule has 0 amide bonds. The predicted octanol–water partition coefficient (Wildman–Crippen LogP) is 4.08. The molecule has 94 valence electrons. The molecule has 1 aliphatic carbocycles. The minimum atomic E-state index is -0.0785. The van der Waals surface area contributed by atoms with Crippen molar-refractivity contribution in [2.45, 2.75) is 38.6 Å². The summed E-state index contributed by atoms with van der Waals surface area (Å²) >= 11 is 3.29. The van der Waals surface area contributed by atoms with Crippen LogP contribution in [0.15, 0.2) is 22.7 Å². The van der Waals surface area contributed by atoms with Gasteiger partial charge in [0, 0.05) is 10.5 Å². The zero-order valence-corrected chi connectivity index (χ0v) is 11.9. The van der Waals surface area contributed by atoms with Gasteiger partial charge in [0.05, 0.1) is 0 Å². The van der Waals surface area contributed by atoms with Gasteiger partial charge in [-0.3, -0.25) is 0 Å². The third kappa shape index (κ3) is 2.71. The molecule has 1 saturated carbocycles. The van der Waals surface area contributed by atoms with Gasteiger partial charge in [0.2, 0.25) is 0 Å². The van der Waals surface area contributed by atoms with Gasteiger partial charge < -0.3 is 5.32 Å². The molecule has 3 heteroatoms. The Morgan fingerprint density at radius 3 is 2.82 bits per heavy atom. The second kappa shape index (κ2) is 5.49. The predicted molar refractivity (Wildman–Crippen MR) is 72.7 cm³/mol. The fourth-order valence-electron chi connectivity index (χ4n) is 2.60. The molecule has 0 bridgehead atoms. The molecule has 2 rings (SSSR count). The molecule has 1 fully saturated rings. The van der Waals surface area contributed by atoms with E-state index in [1.54, 1.807) is 6.07 Å². The first-order valence-corrected chi connectivity index (χ1v) is 7.11. The van der Waals surface area contributed by atoms with Crippen molar-refractivity contribution in [1.82, 2.24) is 5.32 Å². The average molecular weight is 300 g/mol. The molecule has 1 aliphatic rings. The van der Waals surface area contributed by atoms with Gasteiger partial charge in [0.25, 0.3) is 0 Å². The van der Waals surface area contributed by atoms with Crippen molar-refractivity contribution >= 4 is 15.9 Å². The van der Waals surface area contributed by atoms with Gasteiger partial charge in [-0.1, -0.05) is 35.8 Å². The Kier molecular flexibility index (Phi) is 4.21. The quantitative estimate of drug-likeness (QED) is 0.883. The largest absolute Gasteiger partial charge is 0.314 e. The highest BCUT2D eigenvalue weighted by atomic mass is 79.9. The Bertz CT molecular complexity index is 394. The first-order chi connectivity index (χ1) is 8.13. The van der Waals surface area contributed by atoms with Gasteiger partial charge in [-0.05, 0) is 48.9 Å². The van der Waals surface area contributed by atoms with E-state index in [1.165, 1.54) is 0 Å². The third-order valence-electron chi connectivity index (χ3n) is 3.80. The second-order valence-electron chi connectivity index (χ2n) is 4.93.